The zero-order chi connectivity index (χ0) is 13.8. The van der Waals surface area contributed by atoms with Crippen LogP contribution < -0.4 is 10.6 Å². The highest BCUT2D eigenvalue weighted by Gasteiger charge is 2.34. The van der Waals surface area contributed by atoms with Gasteiger partial charge in [-0.05, 0) is 12.8 Å². The van der Waals surface area contributed by atoms with Crippen molar-refractivity contribution in [2.45, 2.75) is 42.8 Å². The van der Waals surface area contributed by atoms with E-state index in [1.165, 1.54) is 0 Å². The first-order valence-corrected chi connectivity index (χ1v) is 7.16. The Hall–Kier alpha value is 0.260. The minimum Gasteiger partial charge on any atom is -0.377 e. The van der Waals surface area contributed by atoms with Crippen molar-refractivity contribution in [2.75, 3.05) is 13.2 Å². The third-order valence-corrected chi connectivity index (χ3v) is 3.37. The molecule has 2 atom stereocenters. The molecule has 1 heterocycles. The molecule has 0 aromatic carbocycles. The van der Waals surface area contributed by atoms with Gasteiger partial charge in [0.1, 0.15) is 6.17 Å². The van der Waals surface area contributed by atoms with Crippen LogP contribution in [0.15, 0.2) is 0 Å². The monoisotopic (exact) mass is 316 g/mol. The molecule has 1 amide bonds. The topological polar surface area (TPSA) is 50.4 Å². The third-order valence-electron chi connectivity index (χ3n) is 2.71. The average Bonchev–Trinajstić information content (AvgIpc) is 2.74. The van der Waals surface area contributed by atoms with Crippen LogP contribution in [0.5, 0.6) is 0 Å². The Bertz CT molecular complexity index is 276. The first kappa shape index (κ1) is 16.3. The van der Waals surface area contributed by atoms with Crippen molar-refractivity contribution < 1.29 is 9.53 Å². The second-order valence-electron chi connectivity index (χ2n) is 4.68. The molecule has 0 bridgehead atoms. The highest BCUT2D eigenvalue weighted by atomic mass is 35.6. The van der Waals surface area contributed by atoms with Gasteiger partial charge in [-0.25, -0.2) is 0 Å². The molecule has 1 fully saturated rings. The molecule has 7 heteroatoms. The summed E-state index contributed by atoms with van der Waals surface area (Å²) in [5, 5.41) is 5.71. The van der Waals surface area contributed by atoms with Crippen LogP contribution in [-0.4, -0.2) is 35.1 Å². The molecular weight excluding hydrogens is 298 g/mol. The molecule has 1 aliphatic rings. The number of rotatable bonds is 5. The molecule has 1 aliphatic heterocycles. The molecule has 0 unspecified atom stereocenters. The smallest absolute Gasteiger partial charge is 0.223 e. The van der Waals surface area contributed by atoms with Crippen molar-refractivity contribution in [3.63, 3.8) is 0 Å². The average molecular weight is 318 g/mol. The summed E-state index contributed by atoms with van der Waals surface area (Å²) in [6.45, 7) is 4.88. The van der Waals surface area contributed by atoms with Crippen LogP contribution in [-0.2, 0) is 9.53 Å². The van der Waals surface area contributed by atoms with Crippen LogP contribution in [0.1, 0.15) is 26.7 Å². The number of halogens is 3. The van der Waals surface area contributed by atoms with Gasteiger partial charge < -0.3 is 10.1 Å². The fourth-order valence-corrected chi connectivity index (χ4v) is 2.01. The van der Waals surface area contributed by atoms with Gasteiger partial charge in [0.15, 0.2) is 0 Å². The summed E-state index contributed by atoms with van der Waals surface area (Å²) in [5.74, 6) is -0.324. The minimum atomic E-state index is -1.59. The van der Waals surface area contributed by atoms with Gasteiger partial charge in [-0.1, -0.05) is 48.7 Å². The normalized spacial score (nSPS) is 22.2. The van der Waals surface area contributed by atoms with E-state index in [4.69, 9.17) is 39.5 Å². The van der Waals surface area contributed by atoms with Gasteiger partial charge in [0.2, 0.25) is 9.70 Å². The lowest BCUT2D eigenvalue weighted by Gasteiger charge is -2.28. The highest BCUT2D eigenvalue weighted by Crippen LogP contribution is 2.29. The van der Waals surface area contributed by atoms with E-state index in [9.17, 15) is 4.79 Å². The fraction of sp³-hybridized carbons (Fsp3) is 0.909. The van der Waals surface area contributed by atoms with Crippen LogP contribution in [0, 0.1) is 5.92 Å². The summed E-state index contributed by atoms with van der Waals surface area (Å²) in [6.07, 6.45) is 1.43. The van der Waals surface area contributed by atoms with E-state index >= 15 is 0 Å². The third kappa shape index (κ3) is 5.49. The molecule has 4 nitrogen and oxygen atoms in total. The summed E-state index contributed by atoms with van der Waals surface area (Å²) in [5.41, 5.74) is 0. The Morgan fingerprint density at radius 2 is 2.11 bits per heavy atom. The number of alkyl halides is 3. The molecule has 1 rings (SSSR count). The van der Waals surface area contributed by atoms with E-state index in [-0.39, 0.29) is 17.9 Å². The molecule has 18 heavy (non-hydrogen) atoms. The van der Waals surface area contributed by atoms with Crippen molar-refractivity contribution in [2.24, 2.45) is 5.92 Å². The number of carbonyl (C=O) groups is 1. The SMILES string of the molecule is CC(C)C(=O)N[C@H](NC[C@H]1CCCO1)C(Cl)(Cl)Cl. The maximum absolute atomic E-state index is 11.6. The molecule has 0 aliphatic carbocycles. The summed E-state index contributed by atoms with van der Waals surface area (Å²) in [6, 6.07) is 0. The number of hydrogen-bond acceptors (Lipinski definition) is 3. The second kappa shape index (κ2) is 7.15. The Balaban J connectivity index is 2.47. The number of nitrogens with one attached hydrogen (secondary N) is 2. The van der Waals surface area contributed by atoms with Gasteiger partial charge in [0.05, 0.1) is 6.10 Å². The van der Waals surface area contributed by atoms with E-state index in [1.807, 2.05) is 0 Å². The van der Waals surface area contributed by atoms with E-state index in [0.29, 0.717) is 6.54 Å². The number of ether oxygens (including phenoxy) is 1. The lowest BCUT2D eigenvalue weighted by molar-refractivity contribution is -0.124. The van der Waals surface area contributed by atoms with Gasteiger partial charge in [0, 0.05) is 19.1 Å². The van der Waals surface area contributed by atoms with Crippen molar-refractivity contribution >= 4 is 40.7 Å². The fourth-order valence-electron chi connectivity index (χ4n) is 1.61. The Labute approximate surface area is 123 Å². The van der Waals surface area contributed by atoms with Gasteiger partial charge in [-0.2, -0.15) is 0 Å². The zero-order valence-electron chi connectivity index (χ0n) is 10.5. The van der Waals surface area contributed by atoms with E-state index in [1.54, 1.807) is 13.8 Å². The molecule has 0 aromatic rings. The second-order valence-corrected chi connectivity index (χ2v) is 7.05. The minimum absolute atomic E-state index is 0.121. The van der Waals surface area contributed by atoms with Crippen molar-refractivity contribution in [3.8, 4) is 0 Å². The van der Waals surface area contributed by atoms with Crippen molar-refractivity contribution in [1.29, 1.82) is 0 Å². The quantitative estimate of drug-likeness (QED) is 0.604. The molecule has 0 saturated carbocycles. The molecule has 0 aromatic heterocycles. The van der Waals surface area contributed by atoms with Gasteiger partial charge >= 0.3 is 0 Å². The molecular formula is C11H19Cl3N2O2. The molecule has 106 valence electrons. The lowest BCUT2D eigenvalue weighted by Crippen LogP contribution is -2.55. The largest absolute Gasteiger partial charge is 0.377 e. The molecule has 0 radical (unpaired) electrons. The first-order chi connectivity index (χ1) is 8.30. The number of carbonyl (C=O) groups excluding carboxylic acids is 1. The predicted molar refractivity (Wildman–Crippen MR) is 74.0 cm³/mol. The highest BCUT2D eigenvalue weighted by molar-refractivity contribution is 6.68. The Kier molecular flexibility index (Phi) is 6.48. The van der Waals surface area contributed by atoms with E-state index < -0.39 is 9.96 Å². The summed E-state index contributed by atoms with van der Waals surface area (Å²) in [4.78, 5) is 11.6. The summed E-state index contributed by atoms with van der Waals surface area (Å²) < 4.78 is 3.87. The maximum Gasteiger partial charge on any atom is 0.223 e. The van der Waals surface area contributed by atoms with Gasteiger partial charge in [-0.3, -0.25) is 10.1 Å². The maximum atomic E-state index is 11.6. The van der Waals surface area contributed by atoms with Crippen LogP contribution in [0.2, 0.25) is 0 Å². The van der Waals surface area contributed by atoms with Crippen LogP contribution >= 0.6 is 34.8 Å². The van der Waals surface area contributed by atoms with Crippen LogP contribution in [0.3, 0.4) is 0 Å². The zero-order valence-corrected chi connectivity index (χ0v) is 12.8. The summed E-state index contributed by atoms with van der Waals surface area (Å²) >= 11 is 17.5. The van der Waals surface area contributed by atoms with Crippen molar-refractivity contribution in [3.05, 3.63) is 0 Å². The van der Waals surface area contributed by atoms with Gasteiger partial charge in [0.25, 0.3) is 0 Å². The molecule has 0 spiro atoms. The van der Waals surface area contributed by atoms with Crippen LogP contribution in [0.4, 0.5) is 0 Å². The summed E-state index contributed by atoms with van der Waals surface area (Å²) in [7, 11) is 0. The van der Waals surface area contributed by atoms with Crippen molar-refractivity contribution in [1.82, 2.24) is 10.6 Å². The van der Waals surface area contributed by atoms with Crippen LogP contribution in [0.25, 0.3) is 0 Å². The Morgan fingerprint density at radius 1 is 1.44 bits per heavy atom. The first-order valence-electron chi connectivity index (χ1n) is 6.02. The van der Waals surface area contributed by atoms with E-state index in [2.05, 4.69) is 10.6 Å². The standard InChI is InChI=1S/C11H19Cl3N2O2/c1-7(2)9(17)16-10(11(12,13)14)15-6-8-4-3-5-18-8/h7-8,10,15H,3-6H2,1-2H3,(H,16,17)/t8-,10+/m1/s1. The molecule has 1 saturated heterocycles. The lowest BCUT2D eigenvalue weighted by atomic mass is 10.2. The van der Waals surface area contributed by atoms with E-state index in [0.717, 1.165) is 19.4 Å². The molecule has 2 N–H and O–H groups in total. The predicted octanol–water partition coefficient (Wildman–Crippen LogP) is 2.22. The number of amides is 1. The van der Waals surface area contributed by atoms with Gasteiger partial charge in [-0.15, -0.1) is 0 Å². The Morgan fingerprint density at radius 3 is 2.56 bits per heavy atom. The number of hydrogen-bond donors (Lipinski definition) is 2.